The van der Waals surface area contributed by atoms with Gasteiger partial charge in [0.2, 0.25) is 0 Å². The van der Waals surface area contributed by atoms with Gasteiger partial charge >= 0.3 is 6.03 Å². The standard InChI is InChI=1S/C23H25N5O2/c1-4-30-20-9-7-19(8-10-20)27-23(29)26-12-11-25-22-18(14-24)13-17-6-5-15(2)16(3)21(17)28-22/h5-10,13H,4,11-12H2,1-3H3,(H,25,28)(H2,26,27,29). The topological polar surface area (TPSA) is 99.1 Å². The number of amides is 2. The molecule has 7 heteroatoms. The number of rotatable bonds is 7. The molecule has 0 atom stereocenters. The molecule has 2 aromatic carbocycles. The minimum absolute atomic E-state index is 0.306. The highest BCUT2D eigenvalue weighted by Gasteiger charge is 2.09. The fourth-order valence-corrected chi connectivity index (χ4v) is 3.04. The van der Waals surface area contributed by atoms with Crippen LogP contribution in [0, 0.1) is 25.2 Å². The number of nitriles is 1. The Labute approximate surface area is 176 Å². The van der Waals surface area contributed by atoms with Gasteiger partial charge in [0.05, 0.1) is 17.7 Å². The summed E-state index contributed by atoms with van der Waals surface area (Å²) >= 11 is 0. The van der Waals surface area contributed by atoms with E-state index >= 15 is 0 Å². The number of hydrogen-bond donors (Lipinski definition) is 3. The van der Waals surface area contributed by atoms with Gasteiger partial charge in [-0.1, -0.05) is 12.1 Å². The Balaban J connectivity index is 1.55. The van der Waals surface area contributed by atoms with Crippen molar-refractivity contribution in [1.82, 2.24) is 10.3 Å². The molecule has 0 saturated carbocycles. The van der Waals surface area contributed by atoms with Crippen LogP contribution in [0.25, 0.3) is 10.9 Å². The summed E-state index contributed by atoms with van der Waals surface area (Å²) in [5, 5.41) is 19.1. The van der Waals surface area contributed by atoms with Gasteiger partial charge in [0.15, 0.2) is 0 Å². The average Bonchev–Trinajstić information content (AvgIpc) is 2.75. The number of anilines is 2. The molecule has 154 valence electrons. The Kier molecular flexibility index (Phi) is 6.71. The number of ether oxygens (including phenoxy) is 1. The number of benzene rings is 2. The van der Waals surface area contributed by atoms with Crippen LogP contribution < -0.4 is 20.7 Å². The molecule has 0 aliphatic heterocycles. The molecule has 0 aliphatic carbocycles. The Morgan fingerprint density at radius 2 is 1.90 bits per heavy atom. The quantitative estimate of drug-likeness (QED) is 0.509. The number of carbonyl (C=O) groups is 1. The second kappa shape index (κ2) is 9.61. The molecule has 3 rings (SSSR count). The summed E-state index contributed by atoms with van der Waals surface area (Å²) in [4.78, 5) is 16.7. The maximum atomic E-state index is 12.1. The molecule has 0 radical (unpaired) electrons. The van der Waals surface area contributed by atoms with E-state index in [4.69, 9.17) is 4.74 Å². The van der Waals surface area contributed by atoms with Crippen LogP contribution in [-0.2, 0) is 0 Å². The minimum atomic E-state index is -0.306. The second-order valence-corrected chi connectivity index (χ2v) is 6.84. The van der Waals surface area contributed by atoms with Crippen LogP contribution in [0.3, 0.4) is 0 Å². The zero-order chi connectivity index (χ0) is 21.5. The normalized spacial score (nSPS) is 10.3. The predicted molar refractivity (Wildman–Crippen MR) is 119 cm³/mol. The fraction of sp³-hybridized carbons (Fsp3) is 0.261. The van der Waals surface area contributed by atoms with Crippen LogP contribution in [0.5, 0.6) is 5.75 Å². The lowest BCUT2D eigenvalue weighted by Crippen LogP contribution is -2.32. The lowest BCUT2D eigenvalue weighted by atomic mass is 10.0. The molecule has 0 fully saturated rings. The van der Waals surface area contributed by atoms with Crippen LogP contribution in [-0.4, -0.2) is 30.7 Å². The van der Waals surface area contributed by atoms with E-state index in [2.05, 4.69) is 27.0 Å². The van der Waals surface area contributed by atoms with E-state index in [1.54, 1.807) is 24.3 Å². The van der Waals surface area contributed by atoms with Crippen molar-refractivity contribution in [1.29, 1.82) is 5.26 Å². The van der Waals surface area contributed by atoms with Gasteiger partial charge < -0.3 is 20.7 Å². The predicted octanol–water partition coefficient (Wildman–Crippen LogP) is 4.36. The SMILES string of the molecule is CCOc1ccc(NC(=O)NCCNc2nc3c(C)c(C)ccc3cc2C#N)cc1. The van der Waals surface area contributed by atoms with Crippen molar-refractivity contribution in [2.24, 2.45) is 0 Å². The fourth-order valence-electron chi connectivity index (χ4n) is 3.04. The maximum Gasteiger partial charge on any atom is 0.319 e. The summed E-state index contributed by atoms with van der Waals surface area (Å²) in [5.41, 5.74) is 4.27. The third kappa shape index (κ3) is 4.97. The minimum Gasteiger partial charge on any atom is -0.494 e. The van der Waals surface area contributed by atoms with Crippen LogP contribution in [0.2, 0.25) is 0 Å². The lowest BCUT2D eigenvalue weighted by molar-refractivity contribution is 0.252. The van der Waals surface area contributed by atoms with Gasteiger partial charge in [0.1, 0.15) is 17.6 Å². The first-order valence-corrected chi connectivity index (χ1v) is 9.84. The highest BCUT2D eigenvalue weighted by atomic mass is 16.5. The first-order valence-electron chi connectivity index (χ1n) is 9.84. The number of hydrogen-bond acceptors (Lipinski definition) is 5. The third-order valence-corrected chi connectivity index (χ3v) is 4.76. The molecule has 0 aliphatic rings. The Bertz CT molecular complexity index is 1090. The van der Waals surface area contributed by atoms with Crippen molar-refractivity contribution >= 4 is 28.4 Å². The molecule has 3 N–H and O–H groups in total. The molecule has 0 saturated heterocycles. The lowest BCUT2D eigenvalue weighted by Gasteiger charge is -2.12. The van der Waals surface area contributed by atoms with Crippen molar-refractivity contribution < 1.29 is 9.53 Å². The van der Waals surface area contributed by atoms with E-state index in [1.165, 1.54) is 0 Å². The van der Waals surface area contributed by atoms with Crippen molar-refractivity contribution in [3.05, 3.63) is 59.2 Å². The van der Waals surface area contributed by atoms with E-state index in [0.29, 0.717) is 36.8 Å². The third-order valence-electron chi connectivity index (χ3n) is 4.76. The average molecular weight is 403 g/mol. The summed E-state index contributed by atoms with van der Waals surface area (Å²) in [5.74, 6) is 1.28. The van der Waals surface area contributed by atoms with Crippen molar-refractivity contribution in [3.63, 3.8) is 0 Å². The van der Waals surface area contributed by atoms with Crippen molar-refractivity contribution in [2.45, 2.75) is 20.8 Å². The molecule has 2 amide bonds. The van der Waals surface area contributed by atoms with Crippen molar-refractivity contribution in [3.8, 4) is 11.8 Å². The number of aryl methyl sites for hydroxylation is 2. The summed E-state index contributed by atoms with van der Waals surface area (Å²) in [6.45, 7) is 7.39. The number of aromatic nitrogens is 1. The van der Waals surface area contributed by atoms with Gasteiger partial charge in [0.25, 0.3) is 0 Å². The van der Waals surface area contributed by atoms with Crippen LogP contribution in [0.1, 0.15) is 23.6 Å². The summed E-state index contributed by atoms with van der Waals surface area (Å²) < 4.78 is 5.38. The molecule has 0 spiro atoms. The Morgan fingerprint density at radius 3 is 2.60 bits per heavy atom. The Morgan fingerprint density at radius 1 is 1.13 bits per heavy atom. The van der Waals surface area contributed by atoms with Gasteiger partial charge in [-0.2, -0.15) is 5.26 Å². The largest absolute Gasteiger partial charge is 0.494 e. The maximum absolute atomic E-state index is 12.1. The number of carbonyl (C=O) groups excluding carboxylic acids is 1. The first kappa shape index (κ1) is 20.9. The molecule has 0 unspecified atom stereocenters. The number of fused-ring (bicyclic) bond motifs is 1. The highest BCUT2D eigenvalue weighted by molar-refractivity contribution is 5.89. The zero-order valence-corrected chi connectivity index (χ0v) is 17.4. The van der Waals surface area contributed by atoms with E-state index in [9.17, 15) is 10.1 Å². The summed E-state index contributed by atoms with van der Waals surface area (Å²) in [7, 11) is 0. The van der Waals surface area contributed by atoms with Gasteiger partial charge in [-0.3, -0.25) is 0 Å². The van der Waals surface area contributed by atoms with Gasteiger partial charge in [-0.25, -0.2) is 9.78 Å². The van der Waals surface area contributed by atoms with Crippen molar-refractivity contribution in [2.75, 3.05) is 30.3 Å². The molecular weight excluding hydrogens is 378 g/mol. The molecule has 3 aromatic rings. The number of nitrogens with one attached hydrogen (secondary N) is 3. The molecule has 1 heterocycles. The highest BCUT2D eigenvalue weighted by Crippen LogP contribution is 2.24. The van der Waals surface area contributed by atoms with Crippen LogP contribution in [0.15, 0.2) is 42.5 Å². The van der Waals surface area contributed by atoms with E-state index in [1.807, 2.05) is 39.0 Å². The number of urea groups is 1. The second-order valence-electron chi connectivity index (χ2n) is 6.84. The summed E-state index contributed by atoms with van der Waals surface area (Å²) in [6, 6.07) is 14.9. The van der Waals surface area contributed by atoms with E-state index in [-0.39, 0.29) is 6.03 Å². The first-order chi connectivity index (χ1) is 14.5. The molecule has 0 bridgehead atoms. The van der Waals surface area contributed by atoms with Crippen LogP contribution >= 0.6 is 0 Å². The van der Waals surface area contributed by atoms with Gasteiger partial charge in [-0.05, 0) is 62.2 Å². The smallest absolute Gasteiger partial charge is 0.319 e. The van der Waals surface area contributed by atoms with Gasteiger partial charge in [-0.15, -0.1) is 0 Å². The molecular formula is C23H25N5O2. The zero-order valence-electron chi connectivity index (χ0n) is 17.4. The van der Waals surface area contributed by atoms with Crippen LogP contribution in [0.4, 0.5) is 16.3 Å². The summed E-state index contributed by atoms with van der Waals surface area (Å²) in [6.07, 6.45) is 0. The van der Waals surface area contributed by atoms with Gasteiger partial charge in [0, 0.05) is 24.2 Å². The van der Waals surface area contributed by atoms with E-state index in [0.717, 1.165) is 27.8 Å². The molecule has 30 heavy (non-hydrogen) atoms. The Hall–Kier alpha value is -3.79. The number of pyridine rings is 1. The molecule has 1 aromatic heterocycles. The monoisotopic (exact) mass is 403 g/mol. The molecule has 7 nitrogen and oxygen atoms in total. The van der Waals surface area contributed by atoms with E-state index < -0.39 is 0 Å². The number of nitrogens with zero attached hydrogens (tertiary/aromatic N) is 2.